The van der Waals surface area contributed by atoms with Crippen LogP contribution in [-0.4, -0.2) is 16.3 Å². The van der Waals surface area contributed by atoms with Crippen molar-refractivity contribution in [3.8, 4) is 17.0 Å². The van der Waals surface area contributed by atoms with E-state index in [1.165, 1.54) is 12.1 Å². The fraction of sp³-hybridized carbons (Fsp3) is 0.0909. The molecule has 0 amide bonds. The number of rotatable bonds is 2. The quantitative estimate of drug-likeness (QED) is 0.855. The van der Waals surface area contributed by atoms with Crippen LogP contribution in [0.5, 0.6) is 5.75 Å². The summed E-state index contributed by atoms with van der Waals surface area (Å²) in [7, 11) is 0. The van der Waals surface area contributed by atoms with Gasteiger partial charge in [-0.25, -0.2) is 14.4 Å². The maximum Gasteiger partial charge on any atom is 0.573 e. The van der Waals surface area contributed by atoms with Gasteiger partial charge in [0.1, 0.15) is 11.4 Å². The number of hydrogen-bond donors (Lipinski definition) is 1. The van der Waals surface area contributed by atoms with Gasteiger partial charge in [-0.2, -0.15) is 0 Å². The Morgan fingerprint density at radius 3 is 2.63 bits per heavy atom. The molecule has 0 atom stereocenters. The third-order valence-corrected chi connectivity index (χ3v) is 2.10. The standard InChI is InChI=1S/C11H7F4N3O/c12-8-5-17-10(16)18-9(8)6-2-1-3-7(4-6)19-11(13,14)15/h1-5H,(H2,16,17,18). The highest BCUT2D eigenvalue weighted by molar-refractivity contribution is 5.62. The lowest BCUT2D eigenvalue weighted by molar-refractivity contribution is -0.274. The Bertz CT molecular complexity index is 601. The maximum absolute atomic E-state index is 13.5. The zero-order valence-electron chi connectivity index (χ0n) is 9.28. The summed E-state index contributed by atoms with van der Waals surface area (Å²) in [6.45, 7) is 0. The fourth-order valence-electron chi connectivity index (χ4n) is 1.42. The van der Waals surface area contributed by atoms with Crippen molar-refractivity contribution in [2.45, 2.75) is 6.36 Å². The zero-order valence-corrected chi connectivity index (χ0v) is 9.28. The molecular formula is C11H7F4N3O. The highest BCUT2D eigenvalue weighted by atomic mass is 19.4. The number of nitrogens with zero attached hydrogens (tertiary/aromatic N) is 2. The number of hydrogen-bond acceptors (Lipinski definition) is 4. The summed E-state index contributed by atoms with van der Waals surface area (Å²) in [5.41, 5.74) is 5.22. The molecule has 0 radical (unpaired) electrons. The first-order valence-electron chi connectivity index (χ1n) is 4.99. The Labute approximate surface area is 104 Å². The normalized spacial score (nSPS) is 11.4. The van der Waals surface area contributed by atoms with Crippen LogP contribution in [0.2, 0.25) is 0 Å². The van der Waals surface area contributed by atoms with Gasteiger partial charge in [0.2, 0.25) is 5.95 Å². The first-order chi connectivity index (χ1) is 8.85. The number of alkyl halides is 3. The molecule has 0 aliphatic carbocycles. The lowest BCUT2D eigenvalue weighted by Crippen LogP contribution is -2.17. The second-order valence-corrected chi connectivity index (χ2v) is 3.50. The number of anilines is 1. The molecule has 0 saturated heterocycles. The number of nitrogen functional groups attached to an aromatic ring is 1. The smallest absolute Gasteiger partial charge is 0.406 e. The van der Waals surface area contributed by atoms with Gasteiger partial charge in [0.15, 0.2) is 5.82 Å². The summed E-state index contributed by atoms with van der Waals surface area (Å²) >= 11 is 0. The van der Waals surface area contributed by atoms with Crippen LogP contribution >= 0.6 is 0 Å². The average Bonchev–Trinajstić information content (AvgIpc) is 2.30. The van der Waals surface area contributed by atoms with Crippen molar-refractivity contribution in [3.63, 3.8) is 0 Å². The van der Waals surface area contributed by atoms with Gasteiger partial charge in [0, 0.05) is 5.56 Å². The maximum atomic E-state index is 13.5. The third-order valence-electron chi connectivity index (χ3n) is 2.10. The Balaban J connectivity index is 2.40. The van der Waals surface area contributed by atoms with Gasteiger partial charge in [-0.05, 0) is 12.1 Å². The van der Waals surface area contributed by atoms with Crippen molar-refractivity contribution in [1.82, 2.24) is 9.97 Å². The average molecular weight is 273 g/mol. The van der Waals surface area contributed by atoms with E-state index in [1.54, 1.807) is 0 Å². The number of benzene rings is 1. The molecular weight excluding hydrogens is 266 g/mol. The van der Waals surface area contributed by atoms with Crippen molar-refractivity contribution in [3.05, 3.63) is 36.3 Å². The van der Waals surface area contributed by atoms with Crippen LogP contribution in [0.3, 0.4) is 0 Å². The number of aromatic nitrogens is 2. The van der Waals surface area contributed by atoms with E-state index in [9.17, 15) is 17.6 Å². The zero-order chi connectivity index (χ0) is 14.0. The molecule has 0 fully saturated rings. The van der Waals surface area contributed by atoms with Crippen LogP contribution < -0.4 is 10.5 Å². The molecule has 0 bridgehead atoms. The van der Waals surface area contributed by atoms with E-state index in [0.29, 0.717) is 0 Å². The molecule has 0 unspecified atom stereocenters. The third kappa shape index (κ3) is 3.30. The first-order valence-corrected chi connectivity index (χ1v) is 4.99. The summed E-state index contributed by atoms with van der Waals surface area (Å²) in [5, 5.41) is 0. The molecule has 0 aliphatic heterocycles. The summed E-state index contributed by atoms with van der Waals surface area (Å²) < 4.78 is 53.4. The summed E-state index contributed by atoms with van der Waals surface area (Å²) in [6.07, 6.45) is -3.98. The lowest BCUT2D eigenvalue weighted by Gasteiger charge is -2.10. The van der Waals surface area contributed by atoms with E-state index >= 15 is 0 Å². The van der Waals surface area contributed by atoms with Crippen LogP contribution in [0.1, 0.15) is 0 Å². The van der Waals surface area contributed by atoms with Gasteiger partial charge in [0.25, 0.3) is 0 Å². The summed E-state index contributed by atoms with van der Waals surface area (Å²) in [4.78, 5) is 7.06. The molecule has 1 heterocycles. The predicted molar refractivity (Wildman–Crippen MR) is 58.5 cm³/mol. The Morgan fingerprint density at radius 2 is 1.95 bits per heavy atom. The minimum atomic E-state index is -4.82. The van der Waals surface area contributed by atoms with Crippen molar-refractivity contribution >= 4 is 5.95 Å². The molecule has 4 nitrogen and oxygen atoms in total. The van der Waals surface area contributed by atoms with Crippen LogP contribution in [0.25, 0.3) is 11.3 Å². The van der Waals surface area contributed by atoms with Crippen molar-refractivity contribution in [1.29, 1.82) is 0 Å². The number of nitrogens with two attached hydrogens (primary N) is 1. The van der Waals surface area contributed by atoms with Crippen LogP contribution in [0, 0.1) is 5.82 Å². The van der Waals surface area contributed by atoms with Gasteiger partial charge in [-0.15, -0.1) is 13.2 Å². The lowest BCUT2D eigenvalue weighted by atomic mass is 10.1. The topological polar surface area (TPSA) is 61.0 Å². The van der Waals surface area contributed by atoms with E-state index < -0.39 is 17.9 Å². The van der Waals surface area contributed by atoms with Crippen molar-refractivity contribution in [2.24, 2.45) is 0 Å². The van der Waals surface area contributed by atoms with Gasteiger partial charge >= 0.3 is 6.36 Å². The second-order valence-electron chi connectivity index (χ2n) is 3.50. The minimum Gasteiger partial charge on any atom is -0.406 e. The Kier molecular flexibility index (Phi) is 3.24. The van der Waals surface area contributed by atoms with Crippen molar-refractivity contribution < 1.29 is 22.3 Å². The second kappa shape index (κ2) is 4.71. The van der Waals surface area contributed by atoms with E-state index in [0.717, 1.165) is 18.3 Å². The highest BCUT2D eigenvalue weighted by Crippen LogP contribution is 2.28. The molecule has 1 aromatic heterocycles. The van der Waals surface area contributed by atoms with E-state index in [1.807, 2.05) is 0 Å². The fourth-order valence-corrected chi connectivity index (χ4v) is 1.42. The molecule has 2 N–H and O–H groups in total. The molecule has 0 spiro atoms. The van der Waals surface area contributed by atoms with E-state index in [-0.39, 0.29) is 17.2 Å². The Hall–Kier alpha value is -2.38. The largest absolute Gasteiger partial charge is 0.573 e. The molecule has 0 saturated carbocycles. The van der Waals surface area contributed by atoms with E-state index in [2.05, 4.69) is 14.7 Å². The first kappa shape index (κ1) is 13.1. The molecule has 19 heavy (non-hydrogen) atoms. The molecule has 2 aromatic rings. The highest BCUT2D eigenvalue weighted by Gasteiger charge is 2.31. The minimum absolute atomic E-state index is 0.105. The number of halogens is 4. The molecule has 1 aromatic carbocycles. The van der Waals surface area contributed by atoms with Gasteiger partial charge in [-0.1, -0.05) is 12.1 Å². The number of ether oxygens (including phenoxy) is 1. The van der Waals surface area contributed by atoms with Crippen LogP contribution in [-0.2, 0) is 0 Å². The SMILES string of the molecule is Nc1ncc(F)c(-c2cccc(OC(F)(F)F)c2)n1. The molecule has 2 rings (SSSR count). The molecule has 100 valence electrons. The monoisotopic (exact) mass is 273 g/mol. The van der Waals surface area contributed by atoms with Crippen molar-refractivity contribution in [2.75, 3.05) is 5.73 Å². The molecule has 0 aliphatic rings. The Morgan fingerprint density at radius 1 is 1.21 bits per heavy atom. The van der Waals surface area contributed by atoms with Gasteiger partial charge < -0.3 is 10.5 Å². The van der Waals surface area contributed by atoms with Gasteiger partial charge in [-0.3, -0.25) is 0 Å². The summed E-state index contributed by atoms with van der Waals surface area (Å²) in [5.74, 6) is -1.45. The van der Waals surface area contributed by atoms with Crippen LogP contribution in [0.4, 0.5) is 23.5 Å². The predicted octanol–water partition coefficient (Wildman–Crippen LogP) is 2.76. The van der Waals surface area contributed by atoms with Gasteiger partial charge in [0.05, 0.1) is 6.20 Å². The molecule has 8 heteroatoms. The van der Waals surface area contributed by atoms with E-state index in [4.69, 9.17) is 5.73 Å². The van der Waals surface area contributed by atoms with Crippen LogP contribution in [0.15, 0.2) is 30.5 Å². The summed E-state index contributed by atoms with van der Waals surface area (Å²) in [6, 6.07) is 4.78.